The van der Waals surface area contributed by atoms with E-state index in [1.54, 1.807) is 12.2 Å². The van der Waals surface area contributed by atoms with Crippen molar-refractivity contribution in [3.63, 3.8) is 0 Å². The van der Waals surface area contributed by atoms with E-state index in [1.807, 2.05) is 12.2 Å². The van der Waals surface area contributed by atoms with Gasteiger partial charge in [0.25, 0.3) is 0 Å². The second kappa shape index (κ2) is 13.5. The first-order valence-corrected chi connectivity index (χ1v) is 11.2. The van der Waals surface area contributed by atoms with Crippen LogP contribution >= 0.6 is 0 Å². The van der Waals surface area contributed by atoms with Crippen molar-refractivity contribution in [2.45, 2.75) is 65.2 Å². The Balaban J connectivity index is 2.62. The molecule has 2 aromatic rings. The molecular weight excluding hydrogens is 368 g/mol. The van der Waals surface area contributed by atoms with Crippen LogP contribution in [0, 0.1) is 0 Å². The van der Waals surface area contributed by atoms with Gasteiger partial charge in [-0.05, 0) is 71.2 Å². The molecule has 0 fully saturated rings. The summed E-state index contributed by atoms with van der Waals surface area (Å²) in [6.45, 7) is 4.43. The van der Waals surface area contributed by atoms with Gasteiger partial charge in [0.05, 0.1) is 0 Å². The lowest BCUT2D eigenvalue weighted by Gasteiger charge is -2.18. The molecule has 0 aliphatic rings. The summed E-state index contributed by atoms with van der Waals surface area (Å²) < 4.78 is 0. The molecule has 0 radical (unpaired) electrons. The average Bonchev–Trinajstić information content (AvgIpc) is 2.77. The molecule has 2 nitrogen and oxygen atoms in total. The van der Waals surface area contributed by atoms with Crippen molar-refractivity contribution < 1.29 is 9.59 Å². The maximum atomic E-state index is 10.9. The summed E-state index contributed by atoms with van der Waals surface area (Å²) in [4.78, 5) is 21.9. The van der Waals surface area contributed by atoms with Crippen LogP contribution in [0.1, 0.15) is 74.6 Å². The van der Waals surface area contributed by atoms with Crippen molar-refractivity contribution in [1.82, 2.24) is 0 Å². The van der Waals surface area contributed by atoms with Crippen LogP contribution in [-0.4, -0.2) is 12.6 Å². The maximum absolute atomic E-state index is 10.9. The predicted octanol–water partition coefficient (Wildman–Crippen LogP) is 7.24. The number of rotatable bonds is 13. The van der Waals surface area contributed by atoms with Crippen LogP contribution in [0.2, 0.25) is 0 Å². The summed E-state index contributed by atoms with van der Waals surface area (Å²) in [6.07, 6.45) is 17.6. The minimum atomic E-state index is 0.837. The van der Waals surface area contributed by atoms with Crippen LogP contribution in [0.15, 0.2) is 48.6 Å². The van der Waals surface area contributed by atoms with E-state index in [9.17, 15) is 9.59 Å². The highest BCUT2D eigenvalue weighted by Gasteiger charge is 2.14. The van der Waals surface area contributed by atoms with Gasteiger partial charge in [-0.3, -0.25) is 9.59 Å². The first kappa shape index (κ1) is 23.5. The third-order valence-corrected chi connectivity index (χ3v) is 5.48. The van der Waals surface area contributed by atoms with E-state index in [0.717, 1.165) is 49.4 Å². The number of carbonyl (C=O) groups excluding carboxylic acids is 2. The van der Waals surface area contributed by atoms with E-state index in [4.69, 9.17) is 0 Å². The molecule has 2 heteroatoms. The van der Waals surface area contributed by atoms with Crippen molar-refractivity contribution in [3.05, 3.63) is 70.8 Å². The van der Waals surface area contributed by atoms with Gasteiger partial charge in [0.1, 0.15) is 12.6 Å². The highest BCUT2D eigenvalue weighted by Crippen LogP contribution is 2.34. The van der Waals surface area contributed by atoms with Crippen LogP contribution in [0.3, 0.4) is 0 Å². The zero-order valence-corrected chi connectivity index (χ0v) is 18.4. The summed E-state index contributed by atoms with van der Waals surface area (Å²) in [5, 5.41) is 0. The van der Waals surface area contributed by atoms with Gasteiger partial charge in [0.15, 0.2) is 0 Å². The minimum Gasteiger partial charge on any atom is -0.299 e. The Hall–Kier alpha value is -2.74. The largest absolute Gasteiger partial charge is 0.299 e. The van der Waals surface area contributed by atoms with Crippen molar-refractivity contribution in [1.29, 1.82) is 0 Å². The molecule has 0 saturated carbocycles. The highest BCUT2D eigenvalue weighted by molar-refractivity contribution is 5.82. The Kier molecular flexibility index (Phi) is 10.6. The fourth-order valence-corrected chi connectivity index (χ4v) is 3.97. The zero-order valence-electron chi connectivity index (χ0n) is 18.4. The number of unbranched alkanes of at least 4 members (excludes halogenated alkanes) is 4. The summed E-state index contributed by atoms with van der Waals surface area (Å²) in [5.74, 6) is 0. The van der Waals surface area contributed by atoms with Gasteiger partial charge in [0.2, 0.25) is 0 Å². The van der Waals surface area contributed by atoms with Crippen molar-refractivity contribution >= 4 is 24.7 Å². The Morgan fingerprint density at radius 3 is 1.43 bits per heavy atom. The lowest BCUT2D eigenvalue weighted by Crippen LogP contribution is -2.00. The number of hydrogen-bond donors (Lipinski definition) is 0. The van der Waals surface area contributed by atoms with E-state index in [0.29, 0.717) is 0 Å². The molecule has 0 heterocycles. The Morgan fingerprint density at radius 1 is 0.633 bits per heavy atom. The monoisotopic (exact) mass is 402 g/mol. The maximum Gasteiger partial charge on any atom is 0.142 e. The van der Waals surface area contributed by atoms with Crippen molar-refractivity contribution in [2.24, 2.45) is 0 Å². The lowest BCUT2D eigenvalue weighted by atomic mass is 9.86. The Labute approximate surface area is 181 Å². The number of carbonyl (C=O) groups is 2. The summed E-state index contributed by atoms with van der Waals surface area (Å²) in [7, 11) is 0. The molecule has 2 aromatic carbocycles. The Morgan fingerprint density at radius 2 is 1.07 bits per heavy atom. The van der Waals surface area contributed by atoms with Crippen molar-refractivity contribution in [2.75, 3.05) is 0 Å². The second-order valence-electron chi connectivity index (χ2n) is 7.65. The van der Waals surface area contributed by atoms with E-state index < -0.39 is 0 Å². The Bertz CT molecular complexity index is 801. The minimum absolute atomic E-state index is 0.837. The molecule has 0 unspecified atom stereocenters. The molecule has 30 heavy (non-hydrogen) atoms. The average molecular weight is 403 g/mol. The number of benzene rings is 2. The van der Waals surface area contributed by atoms with Crippen LogP contribution in [0.25, 0.3) is 23.3 Å². The van der Waals surface area contributed by atoms with Gasteiger partial charge < -0.3 is 0 Å². The van der Waals surface area contributed by atoms with Gasteiger partial charge in [-0.1, -0.05) is 88.1 Å². The molecule has 0 spiro atoms. The molecule has 0 bridgehead atoms. The second-order valence-corrected chi connectivity index (χ2v) is 7.65. The highest BCUT2D eigenvalue weighted by atomic mass is 16.1. The quantitative estimate of drug-likeness (QED) is 0.201. The molecule has 0 aliphatic carbocycles. The molecule has 0 N–H and O–H groups in total. The smallest absolute Gasteiger partial charge is 0.142 e. The first-order chi connectivity index (χ1) is 14.8. The molecule has 0 aliphatic heterocycles. The molecule has 2 rings (SSSR count). The van der Waals surface area contributed by atoms with Gasteiger partial charge in [-0.25, -0.2) is 0 Å². The summed E-state index contributed by atoms with van der Waals surface area (Å²) in [6, 6.07) is 12.7. The third kappa shape index (κ3) is 6.66. The molecule has 0 aromatic heterocycles. The SMILES string of the molecule is CCCCCc1c(/C=C/C=O)cccc1-c1cccc(/C=C/C=O)c1CCCCC. The van der Waals surface area contributed by atoms with Crippen LogP contribution < -0.4 is 0 Å². The molecule has 0 atom stereocenters. The van der Waals surface area contributed by atoms with E-state index in [-0.39, 0.29) is 0 Å². The zero-order chi connectivity index (χ0) is 21.6. The van der Waals surface area contributed by atoms with Crippen molar-refractivity contribution in [3.8, 4) is 11.1 Å². The summed E-state index contributed by atoms with van der Waals surface area (Å²) >= 11 is 0. The summed E-state index contributed by atoms with van der Waals surface area (Å²) in [5.41, 5.74) is 7.32. The normalized spacial score (nSPS) is 11.4. The van der Waals surface area contributed by atoms with E-state index >= 15 is 0 Å². The third-order valence-electron chi connectivity index (χ3n) is 5.48. The molecular formula is C28H34O2. The van der Waals surface area contributed by atoms with Gasteiger partial charge in [-0.2, -0.15) is 0 Å². The van der Waals surface area contributed by atoms with E-state index in [2.05, 4.69) is 50.2 Å². The number of aldehydes is 2. The van der Waals surface area contributed by atoms with Gasteiger partial charge in [-0.15, -0.1) is 0 Å². The van der Waals surface area contributed by atoms with Gasteiger partial charge in [0, 0.05) is 0 Å². The van der Waals surface area contributed by atoms with Crippen LogP contribution in [-0.2, 0) is 22.4 Å². The molecule has 0 saturated heterocycles. The standard InChI is InChI=1S/C28H34O2/c1-3-5-7-17-25-23(15-11-21-29)13-9-19-27(25)28-20-10-14-24(16-12-22-30)26(28)18-8-6-4-2/h9-16,19-22H,3-8,17-18H2,1-2H3/b15-11+,16-12+. The fraction of sp³-hybridized carbons (Fsp3) is 0.357. The molecule has 158 valence electrons. The number of hydrogen-bond acceptors (Lipinski definition) is 2. The van der Waals surface area contributed by atoms with Gasteiger partial charge >= 0.3 is 0 Å². The lowest BCUT2D eigenvalue weighted by molar-refractivity contribution is -0.104. The fourth-order valence-electron chi connectivity index (χ4n) is 3.97. The molecule has 0 amide bonds. The van der Waals surface area contributed by atoms with E-state index in [1.165, 1.54) is 47.9 Å². The number of allylic oxidation sites excluding steroid dienone is 2. The first-order valence-electron chi connectivity index (χ1n) is 11.2. The predicted molar refractivity (Wildman–Crippen MR) is 129 cm³/mol. The van der Waals surface area contributed by atoms with Crippen LogP contribution in [0.5, 0.6) is 0 Å². The topological polar surface area (TPSA) is 34.1 Å². The van der Waals surface area contributed by atoms with Crippen LogP contribution in [0.4, 0.5) is 0 Å².